The van der Waals surface area contributed by atoms with E-state index >= 15 is 0 Å². The smallest absolute Gasteiger partial charge is 0.228 e. The van der Waals surface area contributed by atoms with Crippen LogP contribution in [0.5, 0.6) is 11.5 Å². The number of carbonyl (C=O) groups excluding carboxylic acids is 1. The van der Waals surface area contributed by atoms with E-state index in [1.807, 2.05) is 6.07 Å². The Hall–Kier alpha value is -3.00. The van der Waals surface area contributed by atoms with Crippen molar-refractivity contribution in [3.8, 4) is 17.6 Å². The SMILES string of the molecule is N#CCOc1ccc(NC(=O)Cc2cccc(O)c2)cc1. The number of nitriles is 1. The van der Waals surface area contributed by atoms with E-state index in [0.717, 1.165) is 5.56 Å². The summed E-state index contributed by atoms with van der Waals surface area (Å²) in [4.78, 5) is 11.9. The largest absolute Gasteiger partial charge is 0.508 e. The van der Waals surface area contributed by atoms with Crippen molar-refractivity contribution in [2.75, 3.05) is 11.9 Å². The third-order valence-corrected chi connectivity index (χ3v) is 2.72. The molecule has 21 heavy (non-hydrogen) atoms. The summed E-state index contributed by atoms with van der Waals surface area (Å²) in [6.45, 7) is -0.0107. The number of benzene rings is 2. The van der Waals surface area contributed by atoms with Crippen LogP contribution in [-0.4, -0.2) is 17.6 Å². The van der Waals surface area contributed by atoms with E-state index in [4.69, 9.17) is 10.00 Å². The van der Waals surface area contributed by atoms with Gasteiger partial charge in [-0.2, -0.15) is 5.26 Å². The van der Waals surface area contributed by atoms with E-state index < -0.39 is 0 Å². The topological polar surface area (TPSA) is 82.3 Å². The van der Waals surface area contributed by atoms with Crippen molar-refractivity contribution in [1.29, 1.82) is 5.26 Å². The van der Waals surface area contributed by atoms with Crippen LogP contribution in [0.15, 0.2) is 48.5 Å². The number of anilines is 1. The Morgan fingerprint density at radius 2 is 2.00 bits per heavy atom. The van der Waals surface area contributed by atoms with Gasteiger partial charge in [0.25, 0.3) is 0 Å². The normalized spacial score (nSPS) is 9.67. The second-order valence-corrected chi connectivity index (χ2v) is 4.37. The maximum absolute atomic E-state index is 11.9. The molecule has 2 aromatic rings. The predicted octanol–water partition coefficient (Wildman–Crippen LogP) is 2.48. The summed E-state index contributed by atoms with van der Waals surface area (Å²) in [6, 6.07) is 15.2. The monoisotopic (exact) mass is 282 g/mol. The van der Waals surface area contributed by atoms with Gasteiger partial charge in [0.1, 0.15) is 17.6 Å². The van der Waals surface area contributed by atoms with Crippen LogP contribution in [0, 0.1) is 11.3 Å². The van der Waals surface area contributed by atoms with Gasteiger partial charge in [-0.1, -0.05) is 12.1 Å². The first-order valence-electron chi connectivity index (χ1n) is 6.35. The zero-order valence-corrected chi connectivity index (χ0v) is 11.2. The zero-order chi connectivity index (χ0) is 15.1. The maximum atomic E-state index is 11.9. The molecular weight excluding hydrogens is 268 g/mol. The second kappa shape index (κ2) is 6.96. The van der Waals surface area contributed by atoms with E-state index in [-0.39, 0.29) is 24.7 Å². The number of phenolic OH excluding ortho intramolecular Hbond substituents is 1. The molecule has 1 amide bonds. The van der Waals surface area contributed by atoms with Gasteiger partial charge in [-0.3, -0.25) is 4.79 Å². The van der Waals surface area contributed by atoms with Crippen LogP contribution in [0.2, 0.25) is 0 Å². The van der Waals surface area contributed by atoms with E-state index in [9.17, 15) is 9.90 Å². The van der Waals surface area contributed by atoms with Crippen LogP contribution in [0.1, 0.15) is 5.56 Å². The molecule has 5 heteroatoms. The third-order valence-electron chi connectivity index (χ3n) is 2.72. The van der Waals surface area contributed by atoms with Gasteiger partial charge in [-0.05, 0) is 42.0 Å². The van der Waals surface area contributed by atoms with Crippen molar-refractivity contribution in [3.05, 3.63) is 54.1 Å². The van der Waals surface area contributed by atoms with Crippen LogP contribution in [-0.2, 0) is 11.2 Å². The van der Waals surface area contributed by atoms with Gasteiger partial charge in [0.2, 0.25) is 5.91 Å². The highest BCUT2D eigenvalue weighted by molar-refractivity contribution is 5.92. The lowest BCUT2D eigenvalue weighted by molar-refractivity contribution is -0.115. The van der Waals surface area contributed by atoms with E-state index in [1.165, 1.54) is 0 Å². The number of ether oxygens (including phenoxy) is 1. The molecule has 0 fully saturated rings. The quantitative estimate of drug-likeness (QED) is 0.882. The number of nitrogens with one attached hydrogen (secondary N) is 1. The zero-order valence-electron chi connectivity index (χ0n) is 11.2. The number of phenols is 1. The fourth-order valence-electron chi connectivity index (χ4n) is 1.81. The molecule has 0 aliphatic rings. The van der Waals surface area contributed by atoms with Crippen molar-refractivity contribution in [2.45, 2.75) is 6.42 Å². The Kier molecular flexibility index (Phi) is 4.78. The maximum Gasteiger partial charge on any atom is 0.228 e. The summed E-state index contributed by atoms with van der Waals surface area (Å²) in [5.41, 5.74) is 1.38. The van der Waals surface area contributed by atoms with Crippen molar-refractivity contribution < 1.29 is 14.6 Å². The molecular formula is C16H14N2O3. The lowest BCUT2D eigenvalue weighted by Crippen LogP contribution is -2.14. The average molecular weight is 282 g/mol. The molecule has 0 radical (unpaired) electrons. The van der Waals surface area contributed by atoms with Gasteiger partial charge in [0.05, 0.1) is 6.42 Å². The fourth-order valence-corrected chi connectivity index (χ4v) is 1.81. The Bertz CT molecular complexity index is 660. The highest BCUT2D eigenvalue weighted by atomic mass is 16.5. The molecule has 0 aliphatic carbocycles. The first kappa shape index (κ1) is 14.4. The van der Waals surface area contributed by atoms with Crippen LogP contribution in [0.4, 0.5) is 5.69 Å². The molecule has 0 spiro atoms. The van der Waals surface area contributed by atoms with Gasteiger partial charge in [0, 0.05) is 5.69 Å². The van der Waals surface area contributed by atoms with E-state index in [0.29, 0.717) is 11.4 Å². The number of rotatable bonds is 5. The molecule has 2 rings (SSSR count). The molecule has 0 unspecified atom stereocenters. The molecule has 2 N–H and O–H groups in total. The first-order chi connectivity index (χ1) is 10.2. The molecule has 2 aromatic carbocycles. The predicted molar refractivity (Wildman–Crippen MR) is 78.0 cm³/mol. The van der Waals surface area contributed by atoms with Crippen molar-refractivity contribution in [3.63, 3.8) is 0 Å². The first-order valence-corrected chi connectivity index (χ1v) is 6.35. The van der Waals surface area contributed by atoms with E-state index in [1.54, 1.807) is 48.5 Å². The minimum absolute atomic E-state index is 0.0107. The Labute approximate surface area is 122 Å². The van der Waals surface area contributed by atoms with Crippen molar-refractivity contribution in [2.24, 2.45) is 0 Å². The van der Waals surface area contributed by atoms with Crippen LogP contribution < -0.4 is 10.1 Å². The summed E-state index contributed by atoms with van der Waals surface area (Å²) in [5, 5.41) is 20.5. The summed E-state index contributed by atoms with van der Waals surface area (Å²) in [5.74, 6) is 0.535. The van der Waals surface area contributed by atoms with Gasteiger partial charge in [-0.15, -0.1) is 0 Å². The molecule has 0 aliphatic heterocycles. The molecule has 0 saturated carbocycles. The highest BCUT2D eigenvalue weighted by Crippen LogP contribution is 2.16. The fraction of sp³-hybridized carbons (Fsp3) is 0.125. The van der Waals surface area contributed by atoms with Crippen molar-refractivity contribution in [1.82, 2.24) is 0 Å². The molecule has 0 bridgehead atoms. The summed E-state index contributed by atoms with van der Waals surface area (Å²) >= 11 is 0. The lowest BCUT2D eigenvalue weighted by atomic mass is 10.1. The minimum atomic E-state index is -0.175. The molecule has 0 heterocycles. The van der Waals surface area contributed by atoms with E-state index in [2.05, 4.69) is 5.32 Å². The molecule has 106 valence electrons. The van der Waals surface area contributed by atoms with Crippen molar-refractivity contribution >= 4 is 11.6 Å². The minimum Gasteiger partial charge on any atom is -0.508 e. The average Bonchev–Trinajstić information content (AvgIpc) is 2.46. The number of aromatic hydroxyl groups is 1. The second-order valence-electron chi connectivity index (χ2n) is 4.37. The molecule has 5 nitrogen and oxygen atoms in total. The Morgan fingerprint density at radius 1 is 1.24 bits per heavy atom. The number of nitrogens with zero attached hydrogens (tertiary/aromatic N) is 1. The molecule has 0 saturated heterocycles. The standard InChI is InChI=1S/C16H14N2O3/c17-8-9-21-15-6-4-13(5-7-15)18-16(20)11-12-2-1-3-14(19)10-12/h1-7,10,19H,9,11H2,(H,18,20). The summed E-state index contributed by atoms with van der Waals surface area (Å²) in [7, 11) is 0. The third kappa shape index (κ3) is 4.55. The van der Waals surface area contributed by atoms with Crippen LogP contribution in [0.3, 0.4) is 0 Å². The van der Waals surface area contributed by atoms with Gasteiger partial charge in [-0.25, -0.2) is 0 Å². The number of carbonyl (C=O) groups is 1. The van der Waals surface area contributed by atoms with Crippen LogP contribution >= 0.6 is 0 Å². The lowest BCUT2D eigenvalue weighted by Gasteiger charge is -2.07. The number of amides is 1. The summed E-state index contributed by atoms with van der Waals surface area (Å²) in [6.07, 6.45) is 0.182. The summed E-state index contributed by atoms with van der Waals surface area (Å²) < 4.78 is 5.12. The van der Waals surface area contributed by atoms with Gasteiger partial charge < -0.3 is 15.2 Å². The van der Waals surface area contributed by atoms with Crippen LogP contribution in [0.25, 0.3) is 0 Å². The molecule has 0 atom stereocenters. The Balaban J connectivity index is 1.92. The van der Waals surface area contributed by atoms with Gasteiger partial charge in [0.15, 0.2) is 6.61 Å². The number of hydrogen-bond donors (Lipinski definition) is 2. The Morgan fingerprint density at radius 3 is 2.67 bits per heavy atom. The number of hydrogen-bond acceptors (Lipinski definition) is 4. The van der Waals surface area contributed by atoms with Gasteiger partial charge >= 0.3 is 0 Å². The highest BCUT2D eigenvalue weighted by Gasteiger charge is 2.05. The molecule has 0 aromatic heterocycles.